The predicted octanol–water partition coefficient (Wildman–Crippen LogP) is 3.20. The summed E-state index contributed by atoms with van der Waals surface area (Å²) in [5, 5.41) is 2.59. The first kappa shape index (κ1) is 21.4. The Balaban J connectivity index is 1.59. The second-order valence-corrected chi connectivity index (χ2v) is 6.75. The molecule has 1 unspecified atom stereocenters. The van der Waals surface area contributed by atoms with Crippen LogP contribution in [-0.2, 0) is 9.53 Å². The Morgan fingerprint density at radius 1 is 0.742 bits per heavy atom. The average molecular weight is 416 g/mol. The van der Waals surface area contributed by atoms with E-state index in [2.05, 4.69) is 5.32 Å². The molecular formula is C24H20N2O5. The third-order valence-electron chi connectivity index (χ3n) is 4.51. The number of carbonyl (C=O) groups excluding carboxylic acids is 4. The number of hydrogen-bond donors (Lipinski definition) is 2. The highest BCUT2D eigenvalue weighted by molar-refractivity contribution is 6.09. The molecule has 0 spiro atoms. The van der Waals surface area contributed by atoms with E-state index in [4.69, 9.17) is 10.5 Å². The summed E-state index contributed by atoms with van der Waals surface area (Å²) >= 11 is 0. The number of hydrogen-bond acceptors (Lipinski definition) is 5. The summed E-state index contributed by atoms with van der Waals surface area (Å²) in [7, 11) is 0. The van der Waals surface area contributed by atoms with Crippen LogP contribution in [0.5, 0.6) is 0 Å². The molecule has 0 aromatic heterocycles. The monoisotopic (exact) mass is 416 g/mol. The van der Waals surface area contributed by atoms with Gasteiger partial charge in [-0.25, -0.2) is 4.79 Å². The van der Waals surface area contributed by atoms with Crippen LogP contribution in [0.3, 0.4) is 0 Å². The van der Waals surface area contributed by atoms with Gasteiger partial charge < -0.3 is 15.8 Å². The lowest BCUT2D eigenvalue weighted by molar-refractivity contribution is -0.123. The maximum atomic E-state index is 12.4. The summed E-state index contributed by atoms with van der Waals surface area (Å²) in [6.07, 6.45) is -1.06. The van der Waals surface area contributed by atoms with Crippen LogP contribution in [-0.4, -0.2) is 29.7 Å². The van der Waals surface area contributed by atoms with Crippen molar-refractivity contribution < 1.29 is 23.9 Å². The molecule has 156 valence electrons. The fourth-order valence-corrected chi connectivity index (χ4v) is 2.76. The lowest BCUT2D eigenvalue weighted by Crippen LogP contribution is -2.30. The first-order chi connectivity index (χ1) is 14.8. The summed E-state index contributed by atoms with van der Waals surface area (Å²) in [5.74, 6) is -1.95. The molecule has 7 heteroatoms. The SMILES string of the molecule is CC(OC(=O)c1ccc(C(=O)c2ccccc2)cc1)C(=O)Nc1ccc(C(N)=O)cc1. The topological polar surface area (TPSA) is 116 Å². The van der Waals surface area contributed by atoms with Gasteiger partial charge in [-0.15, -0.1) is 0 Å². The molecule has 0 aliphatic carbocycles. The molecule has 1 atom stereocenters. The van der Waals surface area contributed by atoms with E-state index < -0.39 is 23.9 Å². The summed E-state index contributed by atoms with van der Waals surface area (Å²) in [6, 6.07) is 20.8. The lowest BCUT2D eigenvalue weighted by atomic mass is 10.0. The second-order valence-electron chi connectivity index (χ2n) is 6.75. The molecule has 0 saturated heterocycles. The molecule has 0 aliphatic rings. The van der Waals surface area contributed by atoms with E-state index in [1.54, 1.807) is 24.3 Å². The molecule has 3 rings (SSSR count). The van der Waals surface area contributed by atoms with Crippen molar-refractivity contribution in [3.05, 3.63) is 101 Å². The van der Waals surface area contributed by atoms with Crippen molar-refractivity contribution in [2.24, 2.45) is 5.73 Å². The van der Waals surface area contributed by atoms with E-state index in [-0.39, 0.29) is 11.3 Å². The van der Waals surface area contributed by atoms with E-state index >= 15 is 0 Å². The maximum Gasteiger partial charge on any atom is 0.338 e. The normalized spacial score (nSPS) is 11.3. The summed E-state index contributed by atoms with van der Waals surface area (Å²) in [4.78, 5) is 48.1. The zero-order valence-corrected chi connectivity index (χ0v) is 16.7. The van der Waals surface area contributed by atoms with Gasteiger partial charge in [0.1, 0.15) is 0 Å². The average Bonchev–Trinajstić information content (AvgIpc) is 2.79. The van der Waals surface area contributed by atoms with E-state index in [9.17, 15) is 19.2 Å². The molecule has 0 radical (unpaired) electrons. The zero-order valence-electron chi connectivity index (χ0n) is 16.7. The Morgan fingerprint density at radius 2 is 1.26 bits per heavy atom. The Bertz CT molecular complexity index is 1110. The molecule has 3 N–H and O–H groups in total. The van der Waals surface area contributed by atoms with Crippen molar-refractivity contribution in [1.29, 1.82) is 0 Å². The summed E-state index contributed by atoms with van der Waals surface area (Å²) in [5.41, 5.74) is 7.12. The number of carbonyl (C=O) groups is 4. The van der Waals surface area contributed by atoms with Gasteiger partial charge in [-0.1, -0.05) is 42.5 Å². The van der Waals surface area contributed by atoms with Crippen molar-refractivity contribution in [3.63, 3.8) is 0 Å². The number of anilines is 1. The number of amides is 2. The highest BCUT2D eigenvalue weighted by atomic mass is 16.5. The number of ketones is 1. The minimum Gasteiger partial charge on any atom is -0.449 e. The fraction of sp³-hybridized carbons (Fsp3) is 0.0833. The van der Waals surface area contributed by atoms with Gasteiger partial charge in [-0.05, 0) is 43.3 Å². The molecule has 0 saturated carbocycles. The van der Waals surface area contributed by atoms with Crippen LogP contribution in [0.2, 0.25) is 0 Å². The number of rotatable bonds is 7. The van der Waals surface area contributed by atoms with E-state index in [1.165, 1.54) is 55.5 Å². The van der Waals surface area contributed by atoms with Crippen LogP contribution in [0.4, 0.5) is 5.69 Å². The minimum atomic E-state index is -1.06. The van der Waals surface area contributed by atoms with Crippen molar-refractivity contribution in [1.82, 2.24) is 0 Å². The maximum absolute atomic E-state index is 12.4. The van der Waals surface area contributed by atoms with Gasteiger partial charge in [0.05, 0.1) is 5.56 Å². The van der Waals surface area contributed by atoms with E-state index in [0.29, 0.717) is 22.4 Å². The van der Waals surface area contributed by atoms with Gasteiger partial charge in [-0.2, -0.15) is 0 Å². The van der Waals surface area contributed by atoms with Gasteiger partial charge in [0.25, 0.3) is 5.91 Å². The quantitative estimate of drug-likeness (QED) is 0.453. The molecule has 3 aromatic carbocycles. The lowest BCUT2D eigenvalue weighted by Gasteiger charge is -2.14. The number of esters is 1. The highest BCUT2D eigenvalue weighted by Gasteiger charge is 2.19. The van der Waals surface area contributed by atoms with Crippen LogP contribution in [0.25, 0.3) is 0 Å². The Morgan fingerprint density at radius 3 is 1.84 bits per heavy atom. The van der Waals surface area contributed by atoms with Gasteiger partial charge in [0.15, 0.2) is 11.9 Å². The number of benzene rings is 3. The van der Waals surface area contributed by atoms with Crippen molar-refractivity contribution >= 4 is 29.3 Å². The first-order valence-electron chi connectivity index (χ1n) is 9.46. The third-order valence-corrected chi connectivity index (χ3v) is 4.51. The zero-order chi connectivity index (χ0) is 22.4. The Labute approximate surface area is 178 Å². The standard InChI is InChI=1S/C24H20N2O5/c1-15(23(29)26-20-13-11-18(12-14-20)22(25)28)31-24(30)19-9-7-17(8-10-19)21(27)16-5-3-2-4-6-16/h2-15H,1H3,(H2,25,28)(H,26,29). The molecule has 2 amide bonds. The van der Waals surface area contributed by atoms with E-state index in [0.717, 1.165) is 0 Å². The fourth-order valence-electron chi connectivity index (χ4n) is 2.76. The van der Waals surface area contributed by atoms with Crippen molar-refractivity contribution in [2.75, 3.05) is 5.32 Å². The predicted molar refractivity (Wildman–Crippen MR) is 115 cm³/mol. The van der Waals surface area contributed by atoms with Gasteiger partial charge in [0.2, 0.25) is 5.91 Å². The first-order valence-corrected chi connectivity index (χ1v) is 9.46. The van der Waals surface area contributed by atoms with Gasteiger partial charge in [0, 0.05) is 22.4 Å². The van der Waals surface area contributed by atoms with E-state index in [1.807, 2.05) is 6.07 Å². The van der Waals surface area contributed by atoms with Crippen molar-refractivity contribution in [3.8, 4) is 0 Å². The van der Waals surface area contributed by atoms with Crippen LogP contribution in [0.15, 0.2) is 78.9 Å². The Hall–Kier alpha value is -4.26. The summed E-state index contributed by atoms with van der Waals surface area (Å²) in [6.45, 7) is 1.44. The third kappa shape index (κ3) is 5.42. The smallest absolute Gasteiger partial charge is 0.338 e. The molecular weight excluding hydrogens is 396 g/mol. The van der Waals surface area contributed by atoms with Crippen LogP contribution >= 0.6 is 0 Å². The van der Waals surface area contributed by atoms with Crippen LogP contribution in [0.1, 0.15) is 43.6 Å². The minimum absolute atomic E-state index is 0.157. The molecule has 3 aromatic rings. The molecule has 7 nitrogen and oxygen atoms in total. The number of nitrogens with one attached hydrogen (secondary N) is 1. The number of primary amides is 1. The molecule has 0 heterocycles. The van der Waals surface area contributed by atoms with Gasteiger partial charge >= 0.3 is 5.97 Å². The van der Waals surface area contributed by atoms with Crippen LogP contribution < -0.4 is 11.1 Å². The molecule has 0 aliphatic heterocycles. The molecule has 31 heavy (non-hydrogen) atoms. The largest absolute Gasteiger partial charge is 0.449 e. The van der Waals surface area contributed by atoms with Gasteiger partial charge in [-0.3, -0.25) is 14.4 Å². The van der Waals surface area contributed by atoms with Crippen LogP contribution in [0, 0.1) is 0 Å². The highest BCUT2D eigenvalue weighted by Crippen LogP contribution is 2.14. The summed E-state index contributed by atoms with van der Waals surface area (Å²) < 4.78 is 5.21. The molecule has 0 bridgehead atoms. The Kier molecular flexibility index (Phi) is 6.57. The number of nitrogens with two attached hydrogens (primary N) is 1. The molecule has 0 fully saturated rings. The second kappa shape index (κ2) is 9.49. The van der Waals surface area contributed by atoms with Crippen molar-refractivity contribution in [2.45, 2.75) is 13.0 Å². The number of ether oxygens (including phenoxy) is 1.